The molecule has 2 aromatic rings. The van der Waals surface area contributed by atoms with E-state index in [1.807, 2.05) is 35.1 Å². The number of aromatic nitrogens is 2. The predicted octanol–water partition coefficient (Wildman–Crippen LogP) is 3.41. The summed E-state index contributed by atoms with van der Waals surface area (Å²) < 4.78 is 1.97. The SMILES string of the molecule is CC(C)n1ccc(CNCc2ccc(Cl)cc2)n1. The number of rotatable bonds is 5. The minimum atomic E-state index is 0.412. The van der Waals surface area contributed by atoms with Crippen molar-refractivity contribution in [1.29, 1.82) is 0 Å². The molecule has 0 saturated carbocycles. The highest BCUT2D eigenvalue weighted by Crippen LogP contribution is 2.09. The van der Waals surface area contributed by atoms with E-state index in [0.29, 0.717) is 6.04 Å². The van der Waals surface area contributed by atoms with Gasteiger partial charge in [0.15, 0.2) is 0 Å². The van der Waals surface area contributed by atoms with E-state index in [-0.39, 0.29) is 0 Å². The Morgan fingerprint density at radius 3 is 2.50 bits per heavy atom. The fourth-order valence-corrected chi connectivity index (χ4v) is 1.82. The average Bonchev–Trinajstić information content (AvgIpc) is 2.81. The summed E-state index contributed by atoms with van der Waals surface area (Å²) in [5, 5.41) is 8.63. The van der Waals surface area contributed by atoms with Crippen LogP contribution in [0.3, 0.4) is 0 Å². The molecule has 0 bridgehead atoms. The zero-order valence-corrected chi connectivity index (χ0v) is 11.5. The summed E-state index contributed by atoms with van der Waals surface area (Å²) in [7, 11) is 0. The highest BCUT2D eigenvalue weighted by molar-refractivity contribution is 6.30. The third-order valence-electron chi connectivity index (χ3n) is 2.74. The van der Waals surface area contributed by atoms with Crippen LogP contribution in [0.15, 0.2) is 36.5 Å². The molecule has 0 fully saturated rings. The minimum absolute atomic E-state index is 0.412. The molecule has 0 atom stereocenters. The molecule has 4 heteroatoms. The average molecular weight is 264 g/mol. The first kappa shape index (κ1) is 13.1. The summed E-state index contributed by atoms with van der Waals surface area (Å²) in [5.74, 6) is 0. The molecule has 0 spiro atoms. The van der Waals surface area contributed by atoms with Gasteiger partial charge in [0.2, 0.25) is 0 Å². The predicted molar refractivity (Wildman–Crippen MR) is 74.6 cm³/mol. The van der Waals surface area contributed by atoms with Gasteiger partial charge in [0, 0.05) is 30.4 Å². The molecule has 1 heterocycles. The molecule has 18 heavy (non-hydrogen) atoms. The van der Waals surface area contributed by atoms with Crippen molar-refractivity contribution in [2.75, 3.05) is 0 Å². The molecule has 3 nitrogen and oxygen atoms in total. The number of benzene rings is 1. The van der Waals surface area contributed by atoms with Crippen LogP contribution in [0, 0.1) is 0 Å². The van der Waals surface area contributed by atoms with Crippen molar-refractivity contribution in [3.63, 3.8) is 0 Å². The first-order valence-corrected chi connectivity index (χ1v) is 6.52. The van der Waals surface area contributed by atoms with Gasteiger partial charge in [-0.2, -0.15) is 5.10 Å². The quantitative estimate of drug-likeness (QED) is 0.896. The molecule has 0 amide bonds. The molecule has 1 aromatic heterocycles. The maximum absolute atomic E-state index is 5.84. The maximum atomic E-state index is 5.84. The third-order valence-corrected chi connectivity index (χ3v) is 2.99. The molecule has 0 radical (unpaired) electrons. The van der Waals surface area contributed by atoms with Gasteiger partial charge >= 0.3 is 0 Å². The Balaban J connectivity index is 1.82. The molecule has 0 unspecified atom stereocenters. The number of hydrogen-bond acceptors (Lipinski definition) is 2. The van der Waals surface area contributed by atoms with Gasteiger partial charge in [-0.25, -0.2) is 0 Å². The molecule has 0 saturated heterocycles. The van der Waals surface area contributed by atoms with Crippen molar-refractivity contribution >= 4 is 11.6 Å². The van der Waals surface area contributed by atoms with E-state index in [1.54, 1.807) is 0 Å². The summed E-state index contributed by atoms with van der Waals surface area (Å²) in [4.78, 5) is 0. The summed E-state index contributed by atoms with van der Waals surface area (Å²) >= 11 is 5.84. The lowest BCUT2D eigenvalue weighted by atomic mass is 10.2. The first-order chi connectivity index (χ1) is 8.65. The molecular weight excluding hydrogens is 246 g/mol. The fourth-order valence-electron chi connectivity index (χ4n) is 1.70. The smallest absolute Gasteiger partial charge is 0.0762 e. The van der Waals surface area contributed by atoms with Crippen LogP contribution >= 0.6 is 11.6 Å². The van der Waals surface area contributed by atoms with Crippen molar-refractivity contribution in [2.45, 2.75) is 33.0 Å². The topological polar surface area (TPSA) is 29.9 Å². The van der Waals surface area contributed by atoms with E-state index in [1.165, 1.54) is 5.56 Å². The van der Waals surface area contributed by atoms with Crippen LogP contribution in [0.1, 0.15) is 31.1 Å². The van der Waals surface area contributed by atoms with E-state index in [2.05, 4.69) is 30.3 Å². The van der Waals surface area contributed by atoms with Crippen LogP contribution in [-0.2, 0) is 13.1 Å². The second-order valence-electron chi connectivity index (χ2n) is 4.61. The lowest BCUT2D eigenvalue weighted by Gasteiger charge is -2.05. The molecule has 1 aromatic carbocycles. The number of hydrogen-bond donors (Lipinski definition) is 1. The second-order valence-corrected chi connectivity index (χ2v) is 5.05. The van der Waals surface area contributed by atoms with Gasteiger partial charge in [-0.3, -0.25) is 4.68 Å². The summed E-state index contributed by atoms with van der Waals surface area (Å²) in [6, 6.07) is 10.3. The number of nitrogens with zero attached hydrogens (tertiary/aromatic N) is 2. The van der Waals surface area contributed by atoms with Crippen LogP contribution in [0.25, 0.3) is 0 Å². The summed E-state index contributed by atoms with van der Waals surface area (Å²) in [6.45, 7) is 5.85. The summed E-state index contributed by atoms with van der Waals surface area (Å²) in [6.07, 6.45) is 2.02. The van der Waals surface area contributed by atoms with Crippen LogP contribution in [0.4, 0.5) is 0 Å². The lowest BCUT2D eigenvalue weighted by molar-refractivity contribution is 0.521. The Bertz CT molecular complexity index is 488. The largest absolute Gasteiger partial charge is 0.307 e. The Hall–Kier alpha value is -1.32. The summed E-state index contributed by atoms with van der Waals surface area (Å²) in [5.41, 5.74) is 2.29. The number of halogens is 1. The van der Waals surface area contributed by atoms with Gasteiger partial charge in [0.05, 0.1) is 5.69 Å². The number of nitrogens with one attached hydrogen (secondary N) is 1. The van der Waals surface area contributed by atoms with E-state index < -0.39 is 0 Å². The van der Waals surface area contributed by atoms with Crippen molar-refractivity contribution in [3.05, 3.63) is 52.8 Å². The normalized spacial score (nSPS) is 11.1. The molecule has 1 N–H and O–H groups in total. The Morgan fingerprint density at radius 2 is 1.89 bits per heavy atom. The van der Waals surface area contributed by atoms with E-state index in [0.717, 1.165) is 23.8 Å². The Labute approximate surface area is 113 Å². The zero-order valence-electron chi connectivity index (χ0n) is 10.7. The second kappa shape index (κ2) is 6.03. The molecule has 2 rings (SSSR count). The molecule has 0 aliphatic rings. The van der Waals surface area contributed by atoms with Gasteiger partial charge in [0.25, 0.3) is 0 Å². The van der Waals surface area contributed by atoms with Crippen LogP contribution in [0.5, 0.6) is 0 Å². The Morgan fingerprint density at radius 1 is 1.17 bits per heavy atom. The van der Waals surface area contributed by atoms with Crippen molar-refractivity contribution in [2.24, 2.45) is 0 Å². The minimum Gasteiger partial charge on any atom is -0.307 e. The van der Waals surface area contributed by atoms with Gasteiger partial charge in [-0.1, -0.05) is 23.7 Å². The van der Waals surface area contributed by atoms with Gasteiger partial charge in [0.1, 0.15) is 0 Å². The first-order valence-electron chi connectivity index (χ1n) is 6.14. The fraction of sp³-hybridized carbons (Fsp3) is 0.357. The highest BCUT2D eigenvalue weighted by Gasteiger charge is 2.01. The van der Waals surface area contributed by atoms with Gasteiger partial charge in [-0.15, -0.1) is 0 Å². The standard InChI is InChI=1S/C14H18ClN3/c1-11(2)18-8-7-14(17-18)10-16-9-12-3-5-13(15)6-4-12/h3-8,11,16H,9-10H2,1-2H3. The van der Waals surface area contributed by atoms with Crippen LogP contribution in [0.2, 0.25) is 5.02 Å². The van der Waals surface area contributed by atoms with Crippen LogP contribution < -0.4 is 5.32 Å². The van der Waals surface area contributed by atoms with Crippen molar-refractivity contribution in [3.8, 4) is 0 Å². The van der Waals surface area contributed by atoms with E-state index >= 15 is 0 Å². The Kier molecular flexibility index (Phi) is 4.39. The monoisotopic (exact) mass is 263 g/mol. The zero-order chi connectivity index (χ0) is 13.0. The third kappa shape index (κ3) is 3.59. The van der Waals surface area contributed by atoms with Crippen LogP contribution in [-0.4, -0.2) is 9.78 Å². The van der Waals surface area contributed by atoms with Gasteiger partial charge in [-0.05, 0) is 37.6 Å². The van der Waals surface area contributed by atoms with Gasteiger partial charge < -0.3 is 5.32 Å². The highest BCUT2D eigenvalue weighted by atomic mass is 35.5. The lowest BCUT2D eigenvalue weighted by Crippen LogP contribution is -2.13. The van der Waals surface area contributed by atoms with E-state index in [4.69, 9.17) is 11.6 Å². The molecule has 0 aliphatic carbocycles. The maximum Gasteiger partial charge on any atom is 0.0762 e. The van der Waals surface area contributed by atoms with Crippen molar-refractivity contribution < 1.29 is 0 Å². The molecule has 0 aliphatic heterocycles. The van der Waals surface area contributed by atoms with E-state index in [9.17, 15) is 0 Å². The molecular formula is C14H18ClN3. The molecule has 96 valence electrons. The van der Waals surface area contributed by atoms with Crippen molar-refractivity contribution in [1.82, 2.24) is 15.1 Å².